The third kappa shape index (κ3) is 3.24. The summed E-state index contributed by atoms with van der Waals surface area (Å²) in [6, 6.07) is 41.3. The number of hydrogen-bond acceptors (Lipinski definition) is 2. The second-order valence-corrected chi connectivity index (χ2v) is 11.4. The van der Waals surface area contributed by atoms with E-state index in [0.717, 1.165) is 38.9 Å². The molecule has 0 amide bonds. The Morgan fingerprint density at radius 3 is 2.36 bits per heavy atom. The van der Waals surface area contributed by atoms with Crippen LogP contribution in [0, 0.1) is 13.8 Å². The average molecular weight is 537 g/mol. The molecule has 4 heteroatoms. The van der Waals surface area contributed by atoms with Gasteiger partial charge in [0.15, 0.2) is 12.9 Å². The van der Waals surface area contributed by atoms with Gasteiger partial charge in [-0.1, -0.05) is 90.4 Å². The van der Waals surface area contributed by atoms with Crippen LogP contribution in [0.15, 0.2) is 120 Å². The third-order valence-electron chi connectivity index (χ3n) is 8.81. The largest absolute Gasteiger partial charge is 0.454 e. The third-order valence-corrected chi connectivity index (χ3v) is 8.81. The minimum atomic E-state index is 0.872. The number of anilines is 2. The maximum atomic E-state index is 6.60. The van der Waals surface area contributed by atoms with Crippen molar-refractivity contribution in [2.45, 2.75) is 13.8 Å². The second-order valence-electron chi connectivity index (χ2n) is 11.4. The zero-order chi connectivity index (χ0) is 27.9. The highest BCUT2D eigenvalue weighted by molar-refractivity contribution is 6.73. The van der Waals surface area contributed by atoms with Gasteiger partial charge < -0.3 is 14.3 Å². The van der Waals surface area contributed by atoms with Gasteiger partial charge in [-0.05, 0) is 66.3 Å². The summed E-state index contributed by atoms with van der Waals surface area (Å²) in [6.45, 7) is 4.34. The van der Waals surface area contributed by atoms with E-state index in [0.29, 0.717) is 0 Å². The first-order chi connectivity index (χ1) is 20.7. The Morgan fingerprint density at radius 2 is 1.45 bits per heavy atom. The van der Waals surface area contributed by atoms with Crippen LogP contribution in [0.1, 0.15) is 11.1 Å². The van der Waals surface area contributed by atoms with Crippen LogP contribution in [-0.4, -0.2) is 11.8 Å². The highest BCUT2D eigenvalue weighted by Gasteiger charge is 2.27. The van der Waals surface area contributed by atoms with Crippen molar-refractivity contribution in [1.82, 2.24) is 4.57 Å². The zero-order valence-electron chi connectivity index (χ0n) is 23.4. The fraction of sp³-hybridized carbons (Fsp3) is 0.0526. The van der Waals surface area contributed by atoms with Crippen molar-refractivity contribution in [1.29, 1.82) is 0 Å². The smallest absolute Gasteiger partial charge is 0.197 e. The van der Waals surface area contributed by atoms with Crippen LogP contribution in [0.4, 0.5) is 11.4 Å². The first-order valence-electron chi connectivity index (χ1n) is 14.4. The van der Waals surface area contributed by atoms with Gasteiger partial charge in [-0.3, -0.25) is 0 Å². The average Bonchev–Trinajstić information content (AvgIpc) is 3.56. The number of nitrogens with one attached hydrogen (secondary N) is 1. The number of benzene rings is 6. The normalized spacial score (nSPS) is 12.2. The van der Waals surface area contributed by atoms with E-state index < -0.39 is 0 Å². The lowest BCUT2D eigenvalue weighted by molar-refractivity contribution is 0.670. The van der Waals surface area contributed by atoms with Gasteiger partial charge in [0.1, 0.15) is 5.58 Å². The van der Waals surface area contributed by atoms with E-state index in [4.69, 9.17) is 4.42 Å². The second kappa shape index (κ2) is 8.64. The lowest BCUT2D eigenvalue weighted by Gasteiger charge is -2.25. The SMILES string of the molecule is Cc1cc(-c2ccc3c(oc4ccccc43)c2Nc2ccccc2C)c2c(c1)-n1c3ccccc3c3cccc(c31)[B]2. The summed E-state index contributed by atoms with van der Waals surface area (Å²) < 4.78 is 9.06. The first kappa shape index (κ1) is 23.5. The lowest BCUT2D eigenvalue weighted by atomic mass is 9.59. The van der Waals surface area contributed by atoms with Crippen molar-refractivity contribution in [2.24, 2.45) is 0 Å². The van der Waals surface area contributed by atoms with E-state index in [2.05, 4.69) is 134 Å². The molecule has 0 atom stereocenters. The number of aryl methyl sites for hydroxylation is 2. The molecular formula is C38H26BN2O. The van der Waals surface area contributed by atoms with Crippen LogP contribution < -0.4 is 16.2 Å². The molecule has 1 aliphatic rings. The Bertz CT molecular complexity index is 2390. The van der Waals surface area contributed by atoms with Crippen LogP contribution in [0.3, 0.4) is 0 Å². The number of furan rings is 1. The Morgan fingerprint density at radius 1 is 0.667 bits per heavy atom. The molecule has 2 aromatic heterocycles. The van der Waals surface area contributed by atoms with Crippen molar-refractivity contribution in [3.63, 3.8) is 0 Å². The van der Waals surface area contributed by atoms with Crippen molar-refractivity contribution >= 4 is 73.3 Å². The molecule has 0 bridgehead atoms. The molecule has 6 aromatic carbocycles. The summed E-state index contributed by atoms with van der Waals surface area (Å²) in [5.41, 5.74) is 14.7. The molecule has 1 radical (unpaired) electrons. The van der Waals surface area contributed by atoms with E-state index in [1.807, 2.05) is 12.1 Å². The zero-order valence-corrected chi connectivity index (χ0v) is 23.4. The summed E-state index contributed by atoms with van der Waals surface area (Å²) in [5.74, 6) is 0. The molecule has 8 aromatic rings. The summed E-state index contributed by atoms with van der Waals surface area (Å²) in [5, 5.41) is 8.63. The van der Waals surface area contributed by atoms with Gasteiger partial charge in [-0.15, -0.1) is 0 Å². The minimum Gasteiger partial charge on any atom is -0.454 e. The van der Waals surface area contributed by atoms with E-state index in [1.54, 1.807) is 0 Å². The molecule has 0 saturated heterocycles. The number of rotatable bonds is 3. The summed E-state index contributed by atoms with van der Waals surface area (Å²) >= 11 is 0. The molecule has 42 heavy (non-hydrogen) atoms. The fourth-order valence-corrected chi connectivity index (χ4v) is 6.89. The van der Waals surface area contributed by atoms with Crippen molar-refractivity contribution in [3.05, 3.63) is 126 Å². The van der Waals surface area contributed by atoms with E-state index in [1.165, 1.54) is 55.1 Å². The van der Waals surface area contributed by atoms with Crippen molar-refractivity contribution < 1.29 is 4.42 Å². The molecule has 197 valence electrons. The summed E-state index contributed by atoms with van der Waals surface area (Å²) in [7, 11) is 2.37. The summed E-state index contributed by atoms with van der Waals surface area (Å²) in [4.78, 5) is 0. The predicted molar refractivity (Wildman–Crippen MR) is 178 cm³/mol. The van der Waals surface area contributed by atoms with Crippen LogP contribution in [0.25, 0.3) is 60.6 Å². The first-order valence-corrected chi connectivity index (χ1v) is 14.4. The van der Waals surface area contributed by atoms with Crippen LogP contribution >= 0.6 is 0 Å². The Labute approximate surface area is 244 Å². The molecule has 3 nitrogen and oxygen atoms in total. The standard InChI is InChI=1S/C38H26BN2O/c1-22-20-29(35-33(21-22)41-32-16-7-4-11-24(32)27-13-9-14-30(39-35)37(27)41)26-18-19-28-25-12-5-8-17-34(25)42-38(28)36(26)40-31-15-6-3-10-23(31)2/h3-21,40H,1-2H3. The molecule has 0 spiro atoms. The number of nitrogens with zero attached hydrogens (tertiary/aromatic N) is 1. The highest BCUT2D eigenvalue weighted by atomic mass is 16.3. The van der Waals surface area contributed by atoms with E-state index >= 15 is 0 Å². The number of para-hydroxylation sites is 4. The number of hydrogen-bond donors (Lipinski definition) is 1. The van der Waals surface area contributed by atoms with Gasteiger partial charge in [-0.2, -0.15) is 0 Å². The highest BCUT2D eigenvalue weighted by Crippen LogP contribution is 2.42. The quantitative estimate of drug-likeness (QED) is 0.229. The van der Waals surface area contributed by atoms with Gasteiger partial charge in [0.25, 0.3) is 0 Å². The Kier molecular flexibility index (Phi) is 4.83. The van der Waals surface area contributed by atoms with Gasteiger partial charge in [0, 0.05) is 44.0 Å². The lowest BCUT2D eigenvalue weighted by Crippen LogP contribution is -2.37. The van der Waals surface area contributed by atoms with E-state index in [-0.39, 0.29) is 0 Å². The predicted octanol–water partition coefficient (Wildman–Crippen LogP) is 8.68. The molecule has 0 aliphatic carbocycles. The maximum Gasteiger partial charge on any atom is 0.197 e. The fourth-order valence-electron chi connectivity index (χ4n) is 6.89. The van der Waals surface area contributed by atoms with Gasteiger partial charge in [0.05, 0.1) is 11.2 Å². The Balaban J connectivity index is 1.37. The molecule has 1 N–H and O–H groups in total. The van der Waals surface area contributed by atoms with Crippen molar-refractivity contribution in [3.8, 4) is 16.8 Å². The molecule has 0 unspecified atom stereocenters. The molecule has 9 rings (SSSR count). The van der Waals surface area contributed by atoms with Crippen molar-refractivity contribution in [2.75, 3.05) is 5.32 Å². The van der Waals surface area contributed by atoms with Gasteiger partial charge >= 0.3 is 0 Å². The summed E-state index contributed by atoms with van der Waals surface area (Å²) in [6.07, 6.45) is 0. The van der Waals surface area contributed by atoms with Crippen LogP contribution in [0.5, 0.6) is 0 Å². The monoisotopic (exact) mass is 537 g/mol. The Hall–Kier alpha value is -5.22. The molecule has 0 saturated carbocycles. The van der Waals surface area contributed by atoms with Crippen LogP contribution in [0.2, 0.25) is 0 Å². The minimum absolute atomic E-state index is 0.872. The molecule has 0 fully saturated rings. The topological polar surface area (TPSA) is 30.1 Å². The van der Waals surface area contributed by atoms with Gasteiger partial charge in [-0.25, -0.2) is 0 Å². The number of fused-ring (bicyclic) bond motifs is 8. The molecular weight excluding hydrogens is 511 g/mol. The van der Waals surface area contributed by atoms with Crippen LogP contribution in [-0.2, 0) is 0 Å². The maximum absolute atomic E-state index is 6.60. The van der Waals surface area contributed by atoms with E-state index in [9.17, 15) is 0 Å². The van der Waals surface area contributed by atoms with Gasteiger partial charge in [0.2, 0.25) is 0 Å². The molecule has 3 heterocycles. The molecule has 1 aliphatic heterocycles. The number of aromatic nitrogens is 1.